The Morgan fingerprint density at radius 3 is 2.53 bits per heavy atom. The standard InChI is InChI=1S/C23H26FN7O/c1-13-21(15(3)32-5)14(2)31(28-13)20-12-19(25)27-23-18(10-11-26-20)22(30(4)29-23)16-6-8-17(24)9-7-16/h6-12,15H,25H2,1-5H3,(H,27,29). The van der Waals surface area contributed by atoms with Crippen LogP contribution in [0.3, 0.4) is 0 Å². The van der Waals surface area contributed by atoms with E-state index in [-0.39, 0.29) is 11.9 Å². The van der Waals surface area contributed by atoms with E-state index in [1.54, 1.807) is 40.9 Å². The van der Waals surface area contributed by atoms with E-state index < -0.39 is 0 Å². The predicted molar refractivity (Wildman–Crippen MR) is 122 cm³/mol. The lowest BCUT2D eigenvalue weighted by atomic mass is 10.1. The van der Waals surface area contributed by atoms with Crippen LogP contribution >= 0.6 is 0 Å². The number of rotatable bonds is 4. The molecule has 3 N–H and O–H groups in total. The maximum atomic E-state index is 13.4. The highest BCUT2D eigenvalue weighted by Crippen LogP contribution is 2.28. The maximum Gasteiger partial charge on any atom is 0.161 e. The van der Waals surface area contributed by atoms with Crippen molar-refractivity contribution in [2.45, 2.75) is 26.9 Å². The summed E-state index contributed by atoms with van der Waals surface area (Å²) in [5.41, 5.74) is 11.3. The van der Waals surface area contributed by atoms with Gasteiger partial charge < -0.3 is 15.5 Å². The molecule has 0 aliphatic heterocycles. The first kappa shape index (κ1) is 21.5. The molecule has 3 aromatic heterocycles. The van der Waals surface area contributed by atoms with Crippen LogP contribution in [-0.2, 0) is 11.8 Å². The fraction of sp³-hybridized carbons (Fsp3) is 0.261. The van der Waals surface area contributed by atoms with Crippen LogP contribution in [-0.4, -0.2) is 36.6 Å². The summed E-state index contributed by atoms with van der Waals surface area (Å²) in [6.07, 6.45) is 1.60. The average Bonchev–Trinajstić information content (AvgIpc) is 3.24. The highest BCUT2D eigenvalue weighted by atomic mass is 19.1. The van der Waals surface area contributed by atoms with Crippen LogP contribution < -0.4 is 5.73 Å². The molecule has 166 valence electrons. The number of nitrogens with one attached hydrogen (secondary N) is 1. The zero-order valence-corrected chi connectivity index (χ0v) is 18.7. The predicted octanol–water partition coefficient (Wildman–Crippen LogP) is 4.32. The van der Waals surface area contributed by atoms with Crippen molar-refractivity contribution in [1.82, 2.24) is 29.5 Å². The number of ether oxygens (including phenoxy) is 1. The van der Waals surface area contributed by atoms with Crippen molar-refractivity contribution in [3.05, 3.63) is 65.4 Å². The number of hydrogen-bond donors (Lipinski definition) is 2. The van der Waals surface area contributed by atoms with E-state index in [0.29, 0.717) is 17.3 Å². The summed E-state index contributed by atoms with van der Waals surface area (Å²) in [4.78, 5) is 7.78. The Morgan fingerprint density at radius 2 is 1.84 bits per heavy atom. The number of hydrogen-bond acceptors (Lipinski definition) is 5. The highest BCUT2D eigenvalue weighted by molar-refractivity contribution is 5.90. The summed E-state index contributed by atoms with van der Waals surface area (Å²) >= 11 is 0. The van der Waals surface area contributed by atoms with Crippen molar-refractivity contribution >= 4 is 16.9 Å². The minimum Gasteiger partial charge on any atom is -0.385 e. The van der Waals surface area contributed by atoms with Crippen molar-refractivity contribution in [3.8, 4) is 17.1 Å². The number of nitrogens with two attached hydrogens (primary N) is 1. The number of nitrogen functional groups attached to an aromatic ring is 1. The Balaban J connectivity index is 1.92. The Hall–Kier alpha value is -3.72. The topological polar surface area (TPSA) is 99.6 Å². The number of nitrogens with zero attached hydrogens (tertiary/aromatic N) is 5. The number of benzene rings is 1. The van der Waals surface area contributed by atoms with Gasteiger partial charge in [0.1, 0.15) is 11.6 Å². The zero-order chi connectivity index (χ0) is 23.0. The molecule has 32 heavy (non-hydrogen) atoms. The van der Waals surface area contributed by atoms with Crippen LogP contribution in [0.15, 0.2) is 42.6 Å². The molecule has 4 rings (SSSR count). The normalized spacial score (nSPS) is 12.2. The molecule has 0 fully saturated rings. The summed E-state index contributed by atoms with van der Waals surface area (Å²) in [7, 11) is 3.50. The van der Waals surface area contributed by atoms with E-state index in [1.165, 1.54) is 12.1 Å². The Labute approximate surface area is 185 Å². The van der Waals surface area contributed by atoms with Gasteiger partial charge in [0.15, 0.2) is 11.5 Å². The van der Waals surface area contributed by atoms with Gasteiger partial charge in [-0.2, -0.15) is 10.2 Å². The summed E-state index contributed by atoms with van der Waals surface area (Å²) < 4.78 is 22.4. The van der Waals surface area contributed by atoms with Gasteiger partial charge in [0.25, 0.3) is 0 Å². The van der Waals surface area contributed by atoms with E-state index in [0.717, 1.165) is 33.6 Å². The number of aromatic nitrogens is 6. The highest BCUT2D eigenvalue weighted by Gasteiger charge is 2.18. The monoisotopic (exact) mass is 435 g/mol. The summed E-state index contributed by atoms with van der Waals surface area (Å²) in [6, 6.07) is 9.85. The fourth-order valence-corrected chi connectivity index (χ4v) is 3.98. The van der Waals surface area contributed by atoms with Crippen LogP contribution in [0.2, 0.25) is 0 Å². The van der Waals surface area contributed by atoms with E-state index in [2.05, 4.69) is 20.2 Å². The lowest BCUT2D eigenvalue weighted by Crippen LogP contribution is -2.03. The number of methoxy groups -OCH3 is 1. The SMILES string of the molecule is COC(C)c1c(C)nn(-c2cc(N)[nH]c3nn(C)c(-c4ccc(F)cc4)c3ccn2)c1C. The number of aromatic amines is 1. The minimum atomic E-state index is -0.294. The molecule has 0 amide bonds. The van der Waals surface area contributed by atoms with Crippen LogP contribution in [0.1, 0.15) is 30.0 Å². The second-order valence-electron chi connectivity index (χ2n) is 7.64. The number of halogens is 1. The average molecular weight is 436 g/mol. The van der Waals surface area contributed by atoms with Gasteiger partial charge in [-0.1, -0.05) is 0 Å². The lowest BCUT2D eigenvalue weighted by molar-refractivity contribution is 0.118. The molecule has 0 spiro atoms. The first-order valence-electron chi connectivity index (χ1n) is 10.2. The Morgan fingerprint density at radius 1 is 1.12 bits per heavy atom. The van der Waals surface area contributed by atoms with Crippen molar-refractivity contribution in [1.29, 1.82) is 0 Å². The Kier molecular flexibility index (Phi) is 5.67. The quantitative estimate of drug-likeness (QED) is 0.497. The first-order valence-corrected chi connectivity index (χ1v) is 10.2. The summed E-state index contributed by atoms with van der Waals surface area (Å²) in [6.45, 7) is 5.90. The third kappa shape index (κ3) is 3.82. The minimum absolute atomic E-state index is 0.0941. The fourth-order valence-electron chi connectivity index (χ4n) is 3.98. The van der Waals surface area contributed by atoms with E-state index in [4.69, 9.17) is 10.5 Å². The molecule has 9 heteroatoms. The van der Waals surface area contributed by atoms with Crippen LogP contribution in [0.4, 0.5) is 10.2 Å². The van der Waals surface area contributed by atoms with Gasteiger partial charge in [-0.3, -0.25) is 4.68 Å². The zero-order valence-electron chi connectivity index (χ0n) is 18.7. The van der Waals surface area contributed by atoms with E-state index in [9.17, 15) is 4.39 Å². The number of fused-ring (bicyclic) bond motifs is 1. The van der Waals surface area contributed by atoms with Crippen molar-refractivity contribution in [3.63, 3.8) is 0 Å². The number of aryl methyl sites for hydroxylation is 2. The number of anilines is 1. The second-order valence-corrected chi connectivity index (χ2v) is 7.64. The van der Waals surface area contributed by atoms with Crippen molar-refractivity contribution in [2.24, 2.45) is 7.05 Å². The third-order valence-corrected chi connectivity index (χ3v) is 5.52. The lowest BCUT2D eigenvalue weighted by Gasteiger charge is -2.10. The molecule has 0 aliphatic carbocycles. The molecule has 1 unspecified atom stereocenters. The van der Waals surface area contributed by atoms with Gasteiger partial charge in [0, 0.05) is 48.6 Å². The summed E-state index contributed by atoms with van der Waals surface area (Å²) in [5, 5.41) is 10.0. The van der Waals surface area contributed by atoms with Gasteiger partial charge in [0.05, 0.1) is 17.5 Å². The molecule has 1 atom stereocenters. The van der Waals surface area contributed by atoms with Gasteiger partial charge in [-0.05, 0) is 51.1 Å². The molecular weight excluding hydrogens is 409 g/mol. The van der Waals surface area contributed by atoms with Gasteiger partial charge in [0.2, 0.25) is 0 Å². The van der Waals surface area contributed by atoms with Crippen LogP contribution in [0.5, 0.6) is 0 Å². The molecule has 0 aliphatic rings. The second kappa shape index (κ2) is 8.43. The van der Waals surface area contributed by atoms with E-state index >= 15 is 0 Å². The molecule has 0 saturated carbocycles. The molecule has 0 saturated heterocycles. The third-order valence-electron chi connectivity index (χ3n) is 5.52. The largest absolute Gasteiger partial charge is 0.385 e. The molecule has 4 aromatic rings. The van der Waals surface area contributed by atoms with Gasteiger partial charge in [-0.15, -0.1) is 0 Å². The molecule has 0 bridgehead atoms. The van der Waals surface area contributed by atoms with Gasteiger partial charge >= 0.3 is 0 Å². The van der Waals surface area contributed by atoms with E-state index in [1.807, 2.05) is 33.9 Å². The van der Waals surface area contributed by atoms with Crippen LogP contribution in [0.25, 0.3) is 28.1 Å². The van der Waals surface area contributed by atoms with Crippen molar-refractivity contribution in [2.75, 3.05) is 12.8 Å². The molecule has 1 aromatic carbocycles. The maximum absolute atomic E-state index is 13.4. The van der Waals surface area contributed by atoms with Crippen molar-refractivity contribution < 1.29 is 9.13 Å². The molecule has 3 heterocycles. The molecule has 8 nitrogen and oxygen atoms in total. The molecule has 0 radical (unpaired) electrons. The van der Waals surface area contributed by atoms with Crippen LogP contribution in [0, 0.1) is 19.7 Å². The number of H-pyrrole nitrogens is 1. The smallest absolute Gasteiger partial charge is 0.161 e. The summed E-state index contributed by atoms with van der Waals surface area (Å²) in [5.74, 6) is 0.628. The van der Waals surface area contributed by atoms with Gasteiger partial charge in [-0.25, -0.2) is 14.1 Å². The Bertz CT molecular complexity index is 1330. The first-order chi connectivity index (χ1) is 15.3. The molecular formula is C23H26FN7O.